The first-order chi connectivity index (χ1) is 8.20. The Morgan fingerprint density at radius 3 is 2.53 bits per heavy atom. The lowest BCUT2D eigenvalue weighted by molar-refractivity contribution is 0.266. The Hall–Kier alpha value is -0.0800. The average Bonchev–Trinajstić information content (AvgIpc) is 2.66. The number of nitrogens with zero attached hydrogens (tertiary/aromatic N) is 1. The number of rotatable bonds is 9. The molecular formula is C15H32N2. The highest BCUT2D eigenvalue weighted by atomic mass is 15.2. The summed E-state index contributed by atoms with van der Waals surface area (Å²) in [7, 11) is 2.07. The van der Waals surface area contributed by atoms with Gasteiger partial charge in [-0.2, -0.15) is 0 Å². The summed E-state index contributed by atoms with van der Waals surface area (Å²) in [4.78, 5) is 2.66. The van der Waals surface area contributed by atoms with E-state index in [0.29, 0.717) is 5.41 Å². The molecule has 1 fully saturated rings. The highest BCUT2D eigenvalue weighted by molar-refractivity contribution is 4.87. The van der Waals surface area contributed by atoms with Crippen molar-refractivity contribution < 1.29 is 0 Å². The van der Waals surface area contributed by atoms with Crippen LogP contribution in [0.1, 0.15) is 58.8 Å². The van der Waals surface area contributed by atoms with E-state index in [2.05, 4.69) is 31.1 Å². The molecule has 0 spiro atoms. The molecule has 1 saturated heterocycles. The van der Waals surface area contributed by atoms with Crippen molar-refractivity contribution in [1.82, 2.24) is 10.2 Å². The number of unbranched alkanes of at least 4 members (excludes halogenated alkanes) is 5. The molecule has 1 rings (SSSR count). The third kappa shape index (κ3) is 5.87. The monoisotopic (exact) mass is 240 g/mol. The van der Waals surface area contributed by atoms with Crippen LogP contribution < -0.4 is 5.32 Å². The molecule has 102 valence electrons. The molecule has 1 aliphatic heterocycles. The molecule has 2 nitrogen and oxygen atoms in total. The van der Waals surface area contributed by atoms with Crippen LogP contribution in [0.4, 0.5) is 0 Å². The fraction of sp³-hybridized carbons (Fsp3) is 1.00. The van der Waals surface area contributed by atoms with Crippen molar-refractivity contribution >= 4 is 0 Å². The lowest BCUT2D eigenvalue weighted by Crippen LogP contribution is -2.33. The minimum Gasteiger partial charge on any atom is -0.319 e. The molecule has 0 amide bonds. The second-order valence-electron chi connectivity index (χ2n) is 6.13. The maximum atomic E-state index is 3.33. The standard InChI is InChI=1S/C15H32N2/c1-4-5-6-7-8-9-11-17-12-10-15(2,14-17)13-16-3/h16H,4-14H2,1-3H3. The van der Waals surface area contributed by atoms with Crippen LogP contribution >= 0.6 is 0 Å². The zero-order valence-electron chi connectivity index (χ0n) is 12.2. The summed E-state index contributed by atoms with van der Waals surface area (Å²) in [6.07, 6.45) is 9.85. The SMILES string of the molecule is CCCCCCCCN1CCC(C)(CNC)C1. The molecular weight excluding hydrogens is 208 g/mol. The van der Waals surface area contributed by atoms with Crippen LogP contribution in [0.2, 0.25) is 0 Å². The van der Waals surface area contributed by atoms with Crippen LogP contribution in [0.25, 0.3) is 0 Å². The van der Waals surface area contributed by atoms with Gasteiger partial charge in [0.15, 0.2) is 0 Å². The van der Waals surface area contributed by atoms with E-state index in [0.717, 1.165) is 0 Å². The quantitative estimate of drug-likeness (QED) is 0.622. The summed E-state index contributed by atoms with van der Waals surface area (Å²) < 4.78 is 0. The van der Waals surface area contributed by atoms with Crippen LogP contribution in [0, 0.1) is 5.41 Å². The molecule has 0 aromatic carbocycles. The number of hydrogen-bond donors (Lipinski definition) is 1. The first kappa shape index (κ1) is 15.0. The normalized spacial score (nSPS) is 25.6. The number of likely N-dealkylation sites (tertiary alicyclic amines) is 1. The molecule has 0 bridgehead atoms. The van der Waals surface area contributed by atoms with E-state index in [9.17, 15) is 0 Å². The second-order valence-corrected chi connectivity index (χ2v) is 6.13. The predicted molar refractivity (Wildman–Crippen MR) is 76.5 cm³/mol. The van der Waals surface area contributed by atoms with Crippen LogP contribution in [0.3, 0.4) is 0 Å². The average molecular weight is 240 g/mol. The van der Waals surface area contributed by atoms with Crippen molar-refractivity contribution in [2.24, 2.45) is 5.41 Å². The van der Waals surface area contributed by atoms with Crippen LogP contribution in [-0.2, 0) is 0 Å². The van der Waals surface area contributed by atoms with Gasteiger partial charge in [0.1, 0.15) is 0 Å². The molecule has 0 aliphatic carbocycles. The van der Waals surface area contributed by atoms with Crippen molar-refractivity contribution in [2.75, 3.05) is 33.2 Å². The Morgan fingerprint density at radius 1 is 1.12 bits per heavy atom. The van der Waals surface area contributed by atoms with E-state index >= 15 is 0 Å². The molecule has 2 heteroatoms. The lowest BCUT2D eigenvalue weighted by Gasteiger charge is -2.24. The minimum atomic E-state index is 0.525. The van der Waals surface area contributed by atoms with E-state index < -0.39 is 0 Å². The molecule has 1 N–H and O–H groups in total. The molecule has 1 atom stereocenters. The van der Waals surface area contributed by atoms with Gasteiger partial charge in [-0.3, -0.25) is 0 Å². The molecule has 0 aromatic heterocycles. The summed E-state index contributed by atoms with van der Waals surface area (Å²) in [5, 5.41) is 3.33. The van der Waals surface area contributed by atoms with Crippen molar-refractivity contribution in [3.63, 3.8) is 0 Å². The van der Waals surface area contributed by atoms with Gasteiger partial charge in [0, 0.05) is 13.1 Å². The molecule has 1 heterocycles. The summed E-state index contributed by atoms with van der Waals surface area (Å²) in [6.45, 7) is 9.80. The van der Waals surface area contributed by atoms with Crippen molar-refractivity contribution in [2.45, 2.75) is 58.8 Å². The zero-order chi connectivity index (χ0) is 12.6. The summed E-state index contributed by atoms with van der Waals surface area (Å²) in [5.41, 5.74) is 0.525. The van der Waals surface area contributed by atoms with Crippen LogP contribution in [-0.4, -0.2) is 38.1 Å². The maximum Gasteiger partial charge on any atom is 0.00480 e. The molecule has 1 aliphatic rings. The first-order valence-electron chi connectivity index (χ1n) is 7.57. The number of hydrogen-bond acceptors (Lipinski definition) is 2. The van der Waals surface area contributed by atoms with E-state index in [-0.39, 0.29) is 0 Å². The Balaban J connectivity index is 2.02. The van der Waals surface area contributed by atoms with Gasteiger partial charge in [-0.15, -0.1) is 0 Å². The predicted octanol–water partition coefficient (Wildman–Crippen LogP) is 3.28. The van der Waals surface area contributed by atoms with Gasteiger partial charge in [0.2, 0.25) is 0 Å². The van der Waals surface area contributed by atoms with Crippen LogP contribution in [0.5, 0.6) is 0 Å². The fourth-order valence-corrected chi connectivity index (χ4v) is 3.00. The van der Waals surface area contributed by atoms with Gasteiger partial charge in [-0.1, -0.05) is 46.0 Å². The van der Waals surface area contributed by atoms with Crippen molar-refractivity contribution in [1.29, 1.82) is 0 Å². The molecule has 17 heavy (non-hydrogen) atoms. The number of nitrogens with one attached hydrogen (secondary N) is 1. The third-order valence-electron chi connectivity index (χ3n) is 4.07. The van der Waals surface area contributed by atoms with Gasteiger partial charge in [-0.25, -0.2) is 0 Å². The van der Waals surface area contributed by atoms with E-state index in [4.69, 9.17) is 0 Å². The van der Waals surface area contributed by atoms with Gasteiger partial charge < -0.3 is 10.2 Å². The van der Waals surface area contributed by atoms with Crippen molar-refractivity contribution in [3.05, 3.63) is 0 Å². The summed E-state index contributed by atoms with van der Waals surface area (Å²) >= 11 is 0. The maximum absolute atomic E-state index is 3.33. The Kier molecular flexibility index (Phi) is 7.14. The Bertz CT molecular complexity index is 193. The Morgan fingerprint density at radius 2 is 1.82 bits per heavy atom. The highest BCUT2D eigenvalue weighted by Gasteiger charge is 2.32. The first-order valence-corrected chi connectivity index (χ1v) is 7.57. The van der Waals surface area contributed by atoms with Gasteiger partial charge in [-0.05, 0) is 38.4 Å². The second kappa shape index (κ2) is 8.10. The van der Waals surface area contributed by atoms with Crippen molar-refractivity contribution in [3.8, 4) is 0 Å². The summed E-state index contributed by atoms with van der Waals surface area (Å²) in [6, 6.07) is 0. The van der Waals surface area contributed by atoms with Gasteiger partial charge in [0.05, 0.1) is 0 Å². The van der Waals surface area contributed by atoms with Gasteiger partial charge >= 0.3 is 0 Å². The highest BCUT2D eigenvalue weighted by Crippen LogP contribution is 2.29. The minimum absolute atomic E-state index is 0.525. The molecule has 0 saturated carbocycles. The fourth-order valence-electron chi connectivity index (χ4n) is 3.00. The molecule has 0 aromatic rings. The molecule has 0 radical (unpaired) electrons. The Labute approximate surface area is 108 Å². The van der Waals surface area contributed by atoms with E-state index in [1.165, 1.54) is 71.1 Å². The van der Waals surface area contributed by atoms with E-state index in [1.807, 2.05) is 0 Å². The topological polar surface area (TPSA) is 15.3 Å². The lowest BCUT2D eigenvalue weighted by atomic mass is 9.90. The molecule has 1 unspecified atom stereocenters. The largest absolute Gasteiger partial charge is 0.319 e. The van der Waals surface area contributed by atoms with Crippen LogP contribution in [0.15, 0.2) is 0 Å². The zero-order valence-corrected chi connectivity index (χ0v) is 12.2. The van der Waals surface area contributed by atoms with Gasteiger partial charge in [0.25, 0.3) is 0 Å². The van der Waals surface area contributed by atoms with E-state index in [1.54, 1.807) is 0 Å². The summed E-state index contributed by atoms with van der Waals surface area (Å²) in [5.74, 6) is 0. The third-order valence-corrected chi connectivity index (χ3v) is 4.07. The smallest absolute Gasteiger partial charge is 0.00480 e.